The predicted octanol–water partition coefficient (Wildman–Crippen LogP) is 3.16. The second kappa shape index (κ2) is 5.41. The maximum Gasteiger partial charge on any atom is 0.119 e. The largest absolute Gasteiger partial charge is 0.497 e. The molecule has 0 bridgehead atoms. The van der Waals surface area contributed by atoms with Crippen molar-refractivity contribution in [2.45, 2.75) is 26.7 Å². The van der Waals surface area contributed by atoms with Gasteiger partial charge in [0.25, 0.3) is 0 Å². The van der Waals surface area contributed by atoms with Crippen molar-refractivity contribution in [1.29, 1.82) is 5.26 Å². The first kappa shape index (κ1) is 11.6. The minimum absolute atomic E-state index is 0.655. The van der Waals surface area contributed by atoms with Gasteiger partial charge in [0, 0.05) is 0 Å². The van der Waals surface area contributed by atoms with Gasteiger partial charge in [-0.2, -0.15) is 5.26 Å². The molecule has 0 unspecified atom stereocenters. The van der Waals surface area contributed by atoms with Crippen LogP contribution in [0.2, 0.25) is 0 Å². The number of benzene rings is 1. The van der Waals surface area contributed by atoms with Crippen LogP contribution in [0.5, 0.6) is 5.75 Å². The number of hydrogen-bond acceptors (Lipinski definition) is 2. The van der Waals surface area contributed by atoms with E-state index in [4.69, 9.17) is 10.00 Å². The fourth-order valence-electron chi connectivity index (χ4n) is 1.46. The first-order valence-corrected chi connectivity index (χ1v) is 5.24. The van der Waals surface area contributed by atoms with Gasteiger partial charge in [0.05, 0.1) is 18.7 Å². The summed E-state index contributed by atoms with van der Waals surface area (Å²) in [6.45, 7) is 4.37. The average molecular weight is 203 g/mol. The zero-order chi connectivity index (χ0) is 11.3. The van der Waals surface area contributed by atoms with Crippen LogP contribution in [-0.4, -0.2) is 7.11 Å². The smallest absolute Gasteiger partial charge is 0.119 e. The molecule has 0 amide bonds. The molecule has 0 fully saturated rings. The highest BCUT2D eigenvalue weighted by Gasteiger charge is 2.05. The van der Waals surface area contributed by atoms with Crippen molar-refractivity contribution in [2.75, 3.05) is 7.11 Å². The van der Waals surface area contributed by atoms with Crippen LogP contribution < -0.4 is 4.74 Å². The van der Waals surface area contributed by atoms with E-state index in [2.05, 4.69) is 19.9 Å². The van der Waals surface area contributed by atoms with E-state index in [1.165, 1.54) is 0 Å². The fourth-order valence-corrected chi connectivity index (χ4v) is 1.46. The summed E-state index contributed by atoms with van der Waals surface area (Å²) in [5.74, 6) is 1.48. The van der Waals surface area contributed by atoms with Gasteiger partial charge in [-0.3, -0.25) is 0 Å². The van der Waals surface area contributed by atoms with Gasteiger partial charge < -0.3 is 4.74 Å². The van der Waals surface area contributed by atoms with Crippen molar-refractivity contribution >= 4 is 0 Å². The molecule has 0 saturated heterocycles. The molecule has 0 spiro atoms. The highest BCUT2D eigenvalue weighted by molar-refractivity contribution is 5.42. The fraction of sp³-hybridized carbons (Fsp3) is 0.462. The summed E-state index contributed by atoms with van der Waals surface area (Å²) in [6, 6.07) is 7.83. The molecule has 2 nitrogen and oxygen atoms in total. The van der Waals surface area contributed by atoms with Gasteiger partial charge in [0.2, 0.25) is 0 Å². The Hall–Kier alpha value is -1.49. The van der Waals surface area contributed by atoms with Crippen LogP contribution in [-0.2, 0) is 6.42 Å². The lowest BCUT2D eigenvalue weighted by Gasteiger charge is -2.08. The zero-order valence-electron chi connectivity index (χ0n) is 9.58. The number of methoxy groups -OCH3 is 1. The van der Waals surface area contributed by atoms with E-state index < -0.39 is 0 Å². The highest BCUT2D eigenvalue weighted by Crippen LogP contribution is 2.19. The molecule has 1 aromatic carbocycles. The third-order valence-electron chi connectivity index (χ3n) is 2.42. The van der Waals surface area contributed by atoms with Crippen molar-refractivity contribution in [3.63, 3.8) is 0 Å². The Morgan fingerprint density at radius 3 is 2.67 bits per heavy atom. The number of hydrogen-bond donors (Lipinski definition) is 0. The second-order valence-corrected chi connectivity index (χ2v) is 4.07. The topological polar surface area (TPSA) is 33.0 Å². The Balaban J connectivity index is 2.87. The van der Waals surface area contributed by atoms with Crippen molar-refractivity contribution in [1.82, 2.24) is 0 Å². The van der Waals surface area contributed by atoms with Crippen molar-refractivity contribution in [3.05, 3.63) is 29.3 Å². The molecule has 0 aromatic heterocycles. The van der Waals surface area contributed by atoms with Crippen molar-refractivity contribution < 1.29 is 4.74 Å². The zero-order valence-corrected chi connectivity index (χ0v) is 9.58. The van der Waals surface area contributed by atoms with Gasteiger partial charge >= 0.3 is 0 Å². The molecular formula is C13H17NO. The monoisotopic (exact) mass is 203 g/mol. The second-order valence-electron chi connectivity index (χ2n) is 4.07. The minimum atomic E-state index is 0.655. The number of nitrogens with zero attached hydrogens (tertiary/aromatic N) is 1. The third kappa shape index (κ3) is 3.28. The first-order chi connectivity index (χ1) is 7.17. The molecule has 0 N–H and O–H groups in total. The Morgan fingerprint density at radius 2 is 2.13 bits per heavy atom. The third-order valence-corrected chi connectivity index (χ3v) is 2.42. The van der Waals surface area contributed by atoms with E-state index in [9.17, 15) is 0 Å². The minimum Gasteiger partial charge on any atom is -0.497 e. The molecule has 0 heterocycles. The molecular weight excluding hydrogens is 186 g/mol. The van der Waals surface area contributed by atoms with E-state index in [0.29, 0.717) is 5.92 Å². The maximum absolute atomic E-state index is 8.96. The van der Waals surface area contributed by atoms with Gasteiger partial charge in [-0.05, 0) is 42.5 Å². The lowest BCUT2D eigenvalue weighted by Crippen LogP contribution is -1.96. The maximum atomic E-state index is 8.96. The average Bonchev–Trinajstić information content (AvgIpc) is 2.25. The molecule has 0 aliphatic heterocycles. The Labute approximate surface area is 91.5 Å². The van der Waals surface area contributed by atoms with Crippen LogP contribution >= 0.6 is 0 Å². The van der Waals surface area contributed by atoms with Gasteiger partial charge in [-0.1, -0.05) is 13.8 Å². The molecule has 1 rings (SSSR count). The summed E-state index contributed by atoms with van der Waals surface area (Å²) in [6.07, 6.45) is 2.04. The van der Waals surface area contributed by atoms with Crippen LogP contribution in [0.4, 0.5) is 0 Å². The van der Waals surface area contributed by atoms with E-state index in [1.807, 2.05) is 18.2 Å². The molecule has 0 aliphatic rings. The van der Waals surface area contributed by atoms with Gasteiger partial charge in [-0.15, -0.1) is 0 Å². The van der Waals surface area contributed by atoms with Crippen LogP contribution in [0.25, 0.3) is 0 Å². The number of aryl methyl sites for hydroxylation is 1. The molecule has 80 valence electrons. The highest BCUT2D eigenvalue weighted by atomic mass is 16.5. The lowest BCUT2D eigenvalue weighted by atomic mass is 9.99. The van der Waals surface area contributed by atoms with Crippen molar-refractivity contribution in [2.24, 2.45) is 5.92 Å². The molecule has 0 radical (unpaired) electrons. The Morgan fingerprint density at radius 1 is 1.40 bits per heavy atom. The van der Waals surface area contributed by atoms with Gasteiger partial charge in [-0.25, -0.2) is 0 Å². The summed E-state index contributed by atoms with van der Waals surface area (Å²) in [5.41, 5.74) is 1.85. The predicted molar refractivity (Wildman–Crippen MR) is 60.9 cm³/mol. The van der Waals surface area contributed by atoms with E-state index in [1.54, 1.807) is 7.11 Å². The standard InChI is InChI=1S/C13H17NO/c1-10(2)4-5-11-8-13(15-3)7-6-12(11)9-14/h6-8,10H,4-5H2,1-3H3. The summed E-state index contributed by atoms with van der Waals surface area (Å²) in [7, 11) is 1.65. The van der Waals surface area contributed by atoms with Crippen molar-refractivity contribution in [3.8, 4) is 11.8 Å². The number of ether oxygens (including phenoxy) is 1. The molecule has 15 heavy (non-hydrogen) atoms. The summed E-state index contributed by atoms with van der Waals surface area (Å²) >= 11 is 0. The van der Waals surface area contributed by atoms with Crippen LogP contribution in [0.1, 0.15) is 31.4 Å². The van der Waals surface area contributed by atoms with Crippen LogP contribution in [0, 0.1) is 17.2 Å². The molecule has 2 heteroatoms. The van der Waals surface area contributed by atoms with E-state index in [-0.39, 0.29) is 0 Å². The SMILES string of the molecule is COc1ccc(C#N)c(CCC(C)C)c1. The van der Waals surface area contributed by atoms with Gasteiger partial charge in [0.15, 0.2) is 0 Å². The molecule has 1 aromatic rings. The Kier molecular flexibility index (Phi) is 4.17. The summed E-state index contributed by atoms with van der Waals surface area (Å²) in [4.78, 5) is 0. The summed E-state index contributed by atoms with van der Waals surface area (Å²) < 4.78 is 5.15. The first-order valence-electron chi connectivity index (χ1n) is 5.24. The number of rotatable bonds is 4. The van der Waals surface area contributed by atoms with Crippen LogP contribution in [0.3, 0.4) is 0 Å². The lowest BCUT2D eigenvalue weighted by molar-refractivity contribution is 0.414. The number of nitriles is 1. The van der Waals surface area contributed by atoms with E-state index in [0.717, 1.165) is 29.7 Å². The normalized spacial score (nSPS) is 10.1. The van der Waals surface area contributed by atoms with Crippen LogP contribution in [0.15, 0.2) is 18.2 Å². The van der Waals surface area contributed by atoms with E-state index >= 15 is 0 Å². The Bertz CT molecular complexity index is 363. The molecule has 0 saturated carbocycles. The van der Waals surface area contributed by atoms with Gasteiger partial charge in [0.1, 0.15) is 5.75 Å². The molecule has 0 atom stereocenters. The summed E-state index contributed by atoms with van der Waals surface area (Å²) in [5, 5.41) is 8.96. The quantitative estimate of drug-likeness (QED) is 0.753. The molecule has 0 aliphatic carbocycles.